The molecule has 0 radical (unpaired) electrons. The van der Waals surface area contributed by atoms with E-state index in [-0.39, 0.29) is 5.41 Å². The van der Waals surface area contributed by atoms with E-state index in [4.69, 9.17) is 5.73 Å². The van der Waals surface area contributed by atoms with Crippen LogP contribution in [0.1, 0.15) is 37.9 Å². The molecule has 0 saturated heterocycles. The van der Waals surface area contributed by atoms with E-state index in [1.165, 1.54) is 19.3 Å². The molecule has 2 rings (SSSR count). The van der Waals surface area contributed by atoms with E-state index >= 15 is 0 Å². The van der Waals surface area contributed by atoms with Crippen molar-refractivity contribution in [3.8, 4) is 0 Å². The van der Waals surface area contributed by atoms with Gasteiger partial charge in [-0.15, -0.1) is 0 Å². The van der Waals surface area contributed by atoms with Crippen molar-refractivity contribution in [2.45, 2.75) is 37.5 Å². The Labute approximate surface area is 98.6 Å². The minimum Gasteiger partial charge on any atom is -0.329 e. The van der Waals surface area contributed by atoms with Gasteiger partial charge in [0.25, 0.3) is 0 Å². The summed E-state index contributed by atoms with van der Waals surface area (Å²) >= 11 is 3.35. The second-order valence-corrected chi connectivity index (χ2v) is 5.19. The molecule has 0 bridgehead atoms. The smallest absolute Gasteiger partial charge is 0.135 e. The monoisotopic (exact) mass is 269 g/mol. The van der Waals surface area contributed by atoms with Gasteiger partial charge in [0.1, 0.15) is 5.82 Å². The topological polar surface area (TPSA) is 51.8 Å². The molecule has 1 aromatic heterocycles. The maximum atomic E-state index is 5.92. The Morgan fingerprint density at radius 3 is 2.33 bits per heavy atom. The summed E-state index contributed by atoms with van der Waals surface area (Å²) in [5, 5.41) is 0. The van der Waals surface area contributed by atoms with Gasteiger partial charge in [0.05, 0.1) is 4.47 Å². The number of hydrogen-bond donors (Lipinski definition) is 1. The fraction of sp³-hybridized carbons (Fsp3) is 0.636. The SMILES string of the molecule is NCC1(c2ncc(Br)cn2)CCCCC1. The Hall–Kier alpha value is -0.480. The molecule has 4 heteroatoms. The van der Waals surface area contributed by atoms with Crippen molar-refractivity contribution in [1.29, 1.82) is 0 Å². The molecule has 1 heterocycles. The fourth-order valence-electron chi connectivity index (χ4n) is 2.33. The molecule has 0 aromatic carbocycles. The van der Waals surface area contributed by atoms with Gasteiger partial charge in [-0.05, 0) is 28.8 Å². The number of nitrogens with two attached hydrogens (primary N) is 1. The van der Waals surface area contributed by atoms with Crippen molar-refractivity contribution in [1.82, 2.24) is 9.97 Å². The first kappa shape index (κ1) is 11.0. The summed E-state index contributed by atoms with van der Waals surface area (Å²) in [5.41, 5.74) is 5.96. The van der Waals surface area contributed by atoms with Crippen LogP contribution in [0.5, 0.6) is 0 Å². The van der Waals surface area contributed by atoms with Crippen LogP contribution in [0.25, 0.3) is 0 Å². The van der Waals surface area contributed by atoms with Gasteiger partial charge in [-0.25, -0.2) is 9.97 Å². The zero-order chi connectivity index (χ0) is 10.7. The van der Waals surface area contributed by atoms with Gasteiger partial charge in [0.15, 0.2) is 0 Å². The maximum absolute atomic E-state index is 5.92. The third kappa shape index (κ3) is 2.21. The van der Waals surface area contributed by atoms with Gasteiger partial charge in [-0.1, -0.05) is 19.3 Å². The average molecular weight is 270 g/mol. The van der Waals surface area contributed by atoms with E-state index in [0.717, 1.165) is 23.1 Å². The van der Waals surface area contributed by atoms with E-state index in [1.807, 2.05) is 12.4 Å². The highest BCUT2D eigenvalue weighted by Crippen LogP contribution is 2.36. The van der Waals surface area contributed by atoms with Crippen LogP contribution in [0, 0.1) is 0 Å². The number of nitrogens with zero attached hydrogens (tertiary/aromatic N) is 2. The summed E-state index contributed by atoms with van der Waals surface area (Å²) < 4.78 is 0.925. The van der Waals surface area contributed by atoms with Crippen LogP contribution in [0.4, 0.5) is 0 Å². The molecule has 0 atom stereocenters. The van der Waals surface area contributed by atoms with E-state index in [9.17, 15) is 0 Å². The van der Waals surface area contributed by atoms with Crippen LogP contribution in [0.3, 0.4) is 0 Å². The highest BCUT2D eigenvalue weighted by atomic mass is 79.9. The molecule has 0 spiro atoms. The summed E-state index contributed by atoms with van der Waals surface area (Å²) in [7, 11) is 0. The summed E-state index contributed by atoms with van der Waals surface area (Å²) in [6, 6.07) is 0. The predicted molar refractivity (Wildman–Crippen MR) is 63.5 cm³/mol. The zero-order valence-corrected chi connectivity index (χ0v) is 10.3. The summed E-state index contributed by atoms with van der Waals surface area (Å²) in [6.45, 7) is 0.661. The molecule has 0 aliphatic heterocycles. The Kier molecular flexibility index (Phi) is 3.36. The largest absolute Gasteiger partial charge is 0.329 e. The summed E-state index contributed by atoms with van der Waals surface area (Å²) in [6.07, 6.45) is 9.70. The lowest BCUT2D eigenvalue weighted by Gasteiger charge is -2.34. The lowest BCUT2D eigenvalue weighted by atomic mass is 9.73. The third-order valence-electron chi connectivity index (χ3n) is 3.30. The van der Waals surface area contributed by atoms with E-state index in [0.29, 0.717) is 6.54 Å². The molecule has 15 heavy (non-hydrogen) atoms. The first-order chi connectivity index (χ1) is 7.27. The zero-order valence-electron chi connectivity index (χ0n) is 8.75. The lowest BCUT2D eigenvalue weighted by Crippen LogP contribution is -2.38. The summed E-state index contributed by atoms with van der Waals surface area (Å²) in [4.78, 5) is 8.81. The molecule has 82 valence electrons. The molecular formula is C11H16BrN3. The molecule has 1 aliphatic rings. The minimum absolute atomic E-state index is 0.0406. The number of halogens is 1. The van der Waals surface area contributed by atoms with E-state index in [2.05, 4.69) is 25.9 Å². The molecule has 3 nitrogen and oxygen atoms in total. The highest BCUT2D eigenvalue weighted by molar-refractivity contribution is 9.10. The van der Waals surface area contributed by atoms with Crippen LogP contribution >= 0.6 is 15.9 Å². The standard InChI is InChI=1S/C11H16BrN3/c12-9-6-14-10(15-7-9)11(8-13)4-2-1-3-5-11/h6-7H,1-5,8,13H2. The van der Waals surface area contributed by atoms with Crippen LogP contribution in [0.15, 0.2) is 16.9 Å². The Morgan fingerprint density at radius 2 is 1.80 bits per heavy atom. The van der Waals surface area contributed by atoms with Crippen molar-refractivity contribution in [3.63, 3.8) is 0 Å². The molecule has 0 unspecified atom stereocenters. The quantitative estimate of drug-likeness (QED) is 0.897. The van der Waals surface area contributed by atoms with E-state index in [1.54, 1.807) is 0 Å². The lowest BCUT2D eigenvalue weighted by molar-refractivity contribution is 0.285. The molecule has 1 aromatic rings. The highest BCUT2D eigenvalue weighted by Gasteiger charge is 2.34. The summed E-state index contributed by atoms with van der Waals surface area (Å²) in [5.74, 6) is 0.924. The van der Waals surface area contributed by atoms with Crippen molar-refractivity contribution in [3.05, 3.63) is 22.7 Å². The molecule has 0 amide bonds. The number of hydrogen-bond acceptors (Lipinski definition) is 3. The Morgan fingerprint density at radius 1 is 1.20 bits per heavy atom. The van der Waals surface area contributed by atoms with E-state index < -0.39 is 0 Å². The molecule has 1 fully saturated rings. The Balaban J connectivity index is 2.28. The molecular weight excluding hydrogens is 254 g/mol. The van der Waals surface area contributed by atoms with Crippen molar-refractivity contribution in [2.75, 3.05) is 6.54 Å². The van der Waals surface area contributed by atoms with Gasteiger partial charge in [-0.2, -0.15) is 0 Å². The molecule has 1 aliphatic carbocycles. The average Bonchev–Trinajstić information content (AvgIpc) is 2.31. The van der Waals surface area contributed by atoms with Crippen molar-refractivity contribution < 1.29 is 0 Å². The predicted octanol–water partition coefficient (Wildman–Crippen LogP) is 2.40. The minimum atomic E-state index is 0.0406. The first-order valence-corrected chi connectivity index (χ1v) is 6.24. The Bertz CT molecular complexity index is 317. The van der Waals surface area contributed by atoms with Crippen LogP contribution in [-0.4, -0.2) is 16.5 Å². The van der Waals surface area contributed by atoms with Gasteiger partial charge in [0.2, 0.25) is 0 Å². The van der Waals surface area contributed by atoms with Crippen LogP contribution in [0.2, 0.25) is 0 Å². The number of aromatic nitrogens is 2. The van der Waals surface area contributed by atoms with Gasteiger partial charge >= 0.3 is 0 Å². The molecule has 2 N–H and O–H groups in total. The van der Waals surface area contributed by atoms with Crippen LogP contribution < -0.4 is 5.73 Å². The normalized spacial score (nSPS) is 20.1. The van der Waals surface area contributed by atoms with Crippen molar-refractivity contribution in [2.24, 2.45) is 5.73 Å². The van der Waals surface area contributed by atoms with Gasteiger partial charge < -0.3 is 5.73 Å². The fourth-order valence-corrected chi connectivity index (χ4v) is 2.54. The second kappa shape index (κ2) is 4.58. The third-order valence-corrected chi connectivity index (χ3v) is 3.71. The van der Waals surface area contributed by atoms with Crippen LogP contribution in [-0.2, 0) is 5.41 Å². The molecule has 1 saturated carbocycles. The second-order valence-electron chi connectivity index (χ2n) is 4.27. The van der Waals surface area contributed by atoms with Gasteiger partial charge in [0, 0.05) is 24.4 Å². The number of rotatable bonds is 2. The first-order valence-electron chi connectivity index (χ1n) is 5.45. The van der Waals surface area contributed by atoms with Gasteiger partial charge in [-0.3, -0.25) is 0 Å². The maximum Gasteiger partial charge on any atom is 0.135 e. The van der Waals surface area contributed by atoms with Crippen molar-refractivity contribution >= 4 is 15.9 Å².